The van der Waals surface area contributed by atoms with E-state index in [0.29, 0.717) is 11.3 Å². The van der Waals surface area contributed by atoms with E-state index in [0.717, 1.165) is 0 Å². The summed E-state index contributed by atoms with van der Waals surface area (Å²) < 4.78 is 58.5. The molecule has 0 saturated carbocycles. The number of alkyl carbamates (subject to hydrolysis) is 1. The van der Waals surface area contributed by atoms with Crippen LogP contribution in [0.3, 0.4) is 0 Å². The largest absolute Gasteiger partial charge is 0.444 e. The van der Waals surface area contributed by atoms with Gasteiger partial charge in [0.25, 0.3) is 0 Å². The number of aliphatic imine (C=N–C) groups is 1. The number of nitrogens with one attached hydrogen (secondary N) is 1. The van der Waals surface area contributed by atoms with Gasteiger partial charge >= 0.3 is 17.9 Å². The highest BCUT2D eigenvalue weighted by atomic mass is 19.3. The SMILES string of the molecule is CC(C)(C)OC(=O)N[C@@H](CCCCN=C=O)C(=O)N1CC(F)(F)C(F)(F)C1. The van der Waals surface area contributed by atoms with Crippen LogP contribution in [0.2, 0.25) is 0 Å². The average molecular weight is 397 g/mol. The molecule has 2 amide bonds. The average Bonchev–Trinajstić information content (AvgIpc) is 2.71. The second-order valence-electron chi connectivity index (χ2n) is 7.27. The van der Waals surface area contributed by atoms with Crippen molar-refractivity contribution in [2.75, 3.05) is 19.6 Å². The number of amides is 2. The molecule has 0 radical (unpaired) electrons. The fourth-order valence-electron chi connectivity index (χ4n) is 2.44. The third-order valence-electron chi connectivity index (χ3n) is 3.69. The summed E-state index contributed by atoms with van der Waals surface area (Å²) in [5.41, 5.74) is -0.871. The predicted octanol–water partition coefficient (Wildman–Crippen LogP) is 2.50. The van der Waals surface area contributed by atoms with E-state index in [-0.39, 0.29) is 19.4 Å². The first-order valence-electron chi connectivity index (χ1n) is 8.37. The second kappa shape index (κ2) is 8.69. The Morgan fingerprint density at radius 1 is 1.19 bits per heavy atom. The minimum atomic E-state index is -4.34. The Morgan fingerprint density at radius 2 is 1.74 bits per heavy atom. The molecule has 0 aliphatic carbocycles. The number of nitrogens with zero attached hydrogens (tertiary/aromatic N) is 2. The highest BCUT2D eigenvalue weighted by Crippen LogP contribution is 2.41. The molecule has 0 aromatic carbocycles. The zero-order valence-electron chi connectivity index (χ0n) is 15.4. The summed E-state index contributed by atoms with van der Waals surface area (Å²) in [4.78, 5) is 38.0. The fourth-order valence-corrected chi connectivity index (χ4v) is 2.44. The normalized spacial score (nSPS) is 19.1. The van der Waals surface area contributed by atoms with Gasteiger partial charge in [-0.05, 0) is 40.0 Å². The summed E-state index contributed by atoms with van der Waals surface area (Å²) in [7, 11) is 0. The molecule has 27 heavy (non-hydrogen) atoms. The molecule has 0 aromatic heterocycles. The van der Waals surface area contributed by atoms with Crippen molar-refractivity contribution < 1.29 is 36.7 Å². The molecule has 7 nitrogen and oxygen atoms in total. The van der Waals surface area contributed by atoms with Crippen molar-refractivity contribution in [2.45, 2.75) is 63.5 Å². The number of alkyl halides is 4. The molecule has 1 N–H and O–H groups in total. The molecule has 1 rings (SSSR count). The molecule has 1 aliphatic heterocycles. The van der Waals surface area contributed by atoms with Gasteiger partial charge in [-0.1, -0.05) is 0 Å². The van der Waals surface area contributed by atoms with Crippen LogP contribution in [0.1, 0.15) is 40.0 Å². The monoisotopic (exact) mass is 397 g/mol. The van der Waals surface area contributed by atoms with E-state index in [2.05, 4.69) is 10.3 Å². The molecule has 1 aliphatic rings. The van der Waals surface area contributed by atoms with Crippen LogP contribution in [0.4, 0.5) is 22.4 Å². The number of halogens is 4. The van der Waals surface area contributed by atoms with E-state index in [1.54, 1.807) is 20.8 Å². The Bertz CT molecular complexity index is 585. The van der Waals surface area contributed by atoms with Gasteiger partial charge < -0.3 is 15.0 Å². The molecule has 154 valence electrons. The molecule has 1 atom stereocenters. The second-order valence-corrected chi connectivity index (χ2v) is 7.27. The van der Waals surface area contributed by atoms with Crippen molar-refractivity contribution in [1.29, 1.82) is 0 Å². The zero-order chi connectivity index (χ0) is 20.9. The van der Waals surface area contributed by atoms with Crippen molar-refractivity contribution in [2.24, 2.45) is 4.99 Å². The van der Waals surface area contributed by atoms with E-state index >= 15 is 0 Å². The Balaban J connectivity index is 2.81. The highest BCUT2D eigenvalue weighted by Gasteiger charge is 2.64. The number of carbonyl (C=O) groups is 2. The van der Waals surface area contributed by atoms with Gasteiger partial charge in [0.1, 0.15) is 11.6 Å². The van der Waals surface area contributed by atoms with Crippen LogP contribution < -0.4 is 5.32 Å². The van der Waals surface area contributed by atoms with Crippen molar-refractivity contribution >= 4 is 18.1 Å². The molecule has 0 spiro atoms. The van der Waals surface area contributed by atoms with Crippen molar-refractivity contribution in [3.63, 3.8) is 0 Å². The van der Waals surface area contributed by atoms with Crippen LogP contribution in [-0.2, 0) is 14.3 Å². The van der Waals surface area contributed by atoms with Gasteiger partial charge in [-0.3, -0.25) is 4.79 Å². The third-order valence-corrected chi connectivity index (χ3v) is 3.69. The summed E-state index contributed by atoms with van der Waals surface area (Å²) >= 11 is 0. The summed E-state index contributed by atoms with van der Waals surface area (Å²) in [5, 5.41) is 2.25. The quantitative estimate of drug-likeness (QED) is 0.309. The summed E-state index contributed by atoms with van der Waals surface area (Å²) in [6.07, 6.45) is 1.01. The van der Waals surface area contributed by atoms with E-state index in [9.17, 15) is 31.9 Å². The molecule has 11 heteroatoms. The number of ether oxygens (including phenoxy) is 1. The van der Waals surface area contributed by atoms with Crippen LogP contribution in [0, 0.1) is 0 Å². The van der Waals surface area contributed by atoms with E-state index in [1.807, 2.05) is 0 Å². The maximum absolute atomic E-state index is 13.4. The number of carbonyl (C=O) groups excluding carboxylic acids is 3. The molecule has 1 fully saturated rings. The standard InChI is InChI=1S/C16H23F4N3O4/c1-14(2,3)27-13(26)22-11(6-4-5-7-21-10-24)12(25)23-8-15(17,18)16(19,20)9-23/h11H,4-9H2,1-3H3,(H,22,26)/t11-/m0/s1. The van der Waals surface area contributed by atoms with Crippen molar-refractivity contribution in [1.82, 2.24) is 10.2 Å². The van der Waals surface area contributed by atoms with Crippen LogP contribution in [-0.4, -0.2) is 66.1 Å². The van der Waals surface area contributed by atoms with Crippen molar-refractivity contribution in [3.05, 3.63) is 0 Å². The minimum absolute atomic E-state index is 0.0138. The highest BCUT2D eigenvalue weighted by molar-refractivity contribution is 5.86. The Labute approximate surface area is 154 Å². The molecule has 0 bridgehead atoms. The lowest BCUT2D eigenvalue weighted by Crippen LogP contribution is -2.49. The maximum atomic E-state index is 13.4. The van der Waals surface area contributed by atoms with Gasteiger partial charge in [0, 0.05) is 0 Å². The van der Waals surface area contributed by atoms with Crippen molar-refractivity contribution in [3.8, 4) is 0 Å². The summed E-state index contributed by atoms with van der Waals surface area (Å²) in [6.45, 7) is 2.03. The number of hydrogen-bond donors (Lipinski definition) is 1. The van der Waals surface area contributed by atoms with Crippen LogP contribution in [0.25, 0.3) is 0 Å². The van der Waals surface area contributed by atoms with Gasteiger partial charge in [0.05, 0.1) is 19.6 Å². The summed E-state index contributed by atoms with van der Waals surface area (Å²) in [6, 6.07) is -1.32. The molecule has 0 aromatic rings. The number of isocyanates is 1. The maximum Gasteiger partial charge on any atom is 0.408 e. The first kappa shape index (κ1) is 22.9. The smallest absolute Gasteiger partial charge is 0.408 e. The third kappa shape index (κ3) is 6.82. The Hall–Kier alpha value is -2.16. The van der Waals surface area contributed by atoms with Crippen LogP contribution in [0.5, 0.6) is 0 Å². The fraction of sp³-hybridized carbons (Fsp3) is 0.812. The number of hydrogen-bond acceptors (Lipinski definition) is 5. The molecule has 0 unspecified atom stereocenters. The van der Waals surface area contributed by atoms with Gasteiger partial charge in [-0.25, -0.2) is 14.6 Å². The van der Waals surface area contributed by atoms with Crippen LogP contribution >= 0.6 is 0 Å². The van der Waals surface area contributed by atoms with E-state index in [1.165, 1.54) is 6.08 Å². The number of unbranched alkanes of at least 4 members (excludes halogenated alkanes) is 1. The van der Waals surface area contributed by atoms with E-state index < -0.39 is 48.6 Å². The van der Waals surface area contributed by atoms with Gasteiger partial charge in [0.2, 0.25) is 12.0 Å². The lowest BCUT2D eigenvalue weighted by molar-refractivity contribution is -0.172. The molecule has 1 saturated heterocycles. The molecular formula is C16H23F4N3O4. The summed E-state index contributed by atoms with van der Waals surface area (Å²) in [5.74, 6) is -9.72. The number of rotatable bonds is 7. The molecule has 1 heterocycles. The Morgan fingerprint density at radius 3 is 2.22 bits per heavy atom. The van der Waals surface area contributed by atoms with Crippen LogP contribution in [0.15, 0.2) is 4.99 Å². The van der Waals surface area contributed by atoms with E-state index in [4.69, 9.17) is 4.74 Å². The van der Waals surface area contributed by atoms with Gasteiger partial charge in [-0.2, -0.15) is 17.6 Å². The molecular weight excluding hydrogens is 374 g/mol. The zero-order valence-corrected chi connectivity index (χ0v) is 15.4. The van der Waals surface area contributed by atoms with Gasteiger partial charge in [-0.15, -0.1) is 0 Å². The Kier molecular flexibility index (Phi) is 7.36. The first-order valence-corrected chi connectivity index (χ1v) is 8.37. The topological polar surface area (TPSA) is 88.1 Å². The lowest BCUT2D eigenvalue weighted by atomic mass is 10.1. The minimum Gasteiger partial charge on any atom is -0.444 e. The van der Waals surface area contributed by atoms with Gasteiger partial charge in [0.15, 0.2) is 0 Å². The first-order chi connectivity index (χ1) is 12.3. The predicted molar refractivity (Wildman–Crippen MR) is 86.5 cm³/mol. The lowest BCUT2D eigenvalue weighted by Gasteiger charge is -2.26. The number of likely N-dealkylation sites (tertiary alicyclic amines) is 1.